The van der Waals surface area contributed by atoms with Gasteiger partial charge in [-0.2, -0.15) is 0 Å². The zero-order valence-corrected chi connectivity index (χ0v) is 12.1. The lowest BCUT2D eigenvalue weighted by Gasteiger charge is -2.04. The minimum Gasteiger partial charge on any atom is -0.464 e. The molecule has 1 aromatic heterocycles. The summed E-state index contributed by atoms with van der Waals surface area (Å²) < 4.78 is 10.9. The number of rotatable bonds is 3. The van der Waals surface area contributed by atoms with Gasteiger partial charge in [0.15, 0.2) is 0 Å². The quantitative estimate of drug-likeness (QED) is 0.533. The van der Waals surface area contributed by atoms with Crippen LogP contribution in [-0.4, -0.2) is 5.97 Å². The summed E-state index contributed by atoms with van der Waals surface area (Å²) >= 11 is 0. The van der Waals surface area contributed by atoms with Crippen LogP contribution in [0, 0.1) is 13.8 Å². The van der Waals surface area contributed by atoms with Crippen LogP contribution >= 0.6 is 0 Å². The summed E-state index contributed by atoms with van der Waals surface area (Å²) in [6.45, 7) is 3.97. The summed E-state index contributed by atoms with van der Waals surface area (Å²) in [6, 6.07) is 13.4. The van der Waals surface area contributed by atoms with Gasteiger partial charge in [-0.05, 0) is 43.2 Å². The minimum absolute atomic E-state index is 0.198. The summed E-state index contributed by atoms with van der Waals surface area (Å²) in [7, 11) is 0. The van der Waals surface area contributed by atoms with Crippen molar-refractivity contribution in [3.05, 3.63) is 65.4 Å². The molecule has 0 saturated carbocycles. The van der Waals surface area contributed by atoms with Crippen LogP contribution in [0.5, 0.6) is 5.75 Å². The van der Waals surface area contributed by atoms with Crippen LogP contribution < -0.4 is 4.74 Å². The molecular weight excluding hydrogens is 264 g/mol. The highest BCUT2D eigenvalue weighted by Crippen LogP contribution is 2.23. The van der Waals surface area contributed by atoms with E-state index < -0.39 is 0 Å². The number of fused-ring (bicyclic) bond motifs is 1. The van der Waals surface area contributed by atoms with Gasteiger partial charge < -0.3 is 9.15 Å². The number of carbonyl (C=O) groups is 1. The van der Waals surface area contributed by atoms with Crippen LogP contribution in [-0.2, 0) is 11.2 Å². The number of aryl methyl sites for hydroxylation is 2. The van der Waals surface area contributed by atoms with Crippen LogP contribution in [0.25, 0.3) is 11.0 Å². The SMILES string of the molecule is Cc1cccc(OC(=O)Cc2coc3cc(C)ccc23)c1. The van der Waals surface area contributed by atoms with Crippen molar-refractivity contribution < 1.29 is 13.9 Å². The lowest BCUT2D eigenvalue weighted by molar-refractivity contribution is -0.133. The number of furan rings is 1. The predicted molar refractivity (Wildman–Crippen MR) is 81.5 cm³/mol. The molecule has 3 nitrogen and oxygen atoms in total. The first-order chi connectivity index (χ1) is 10.1. The van der Waals surface area contributed by atoms with E-state index in [0.29, 0.717) is 5.75 Å². The number of esters is 1. The van der Waals surface area contributed by atoms with E-state index in [1.165, 1.54) is 0 Å². The maximum Gasteiger partial charge on any atom is 0.315 e. The third-order valence-corrected chi connectivity index (χ3v) is 3.37. The zero-order valence-electron chi connectivity index (χ0n) is 12.1. The zero-order chi connectivity index (χ0) is 14.8. The Morgan fingerprint density at radius 1 is 1.10 bits per heavy atom. The fourth-order valence-electron chi connectivity index (χ4n) is 2.33. The Kier molecular flexibility index (Phi) is 3.48. The molecule has 0 aliphatic carbocycles. The Morgan fingerprint density at radius 2 is 1.90 bits per heavy atom. The number of ether oxygens (including phenoxy) is 1. The van der Waals surface area contributed by atoms with Crippen molar-refractivity contribution in [1.29, 1.82) is 0 Å². The van der Waals surface area contributed by atoms with E-state index in [-0.39, 0.29) is 12.4 Å². The molecule has 0 aliphatic rings. The molecule has 21 heavy (non-hydrogen) atoms. The maximum atomic E-state index is 12.0. The number of carbonyl (C=O) groups excluding carboxylic acids is 1. The monoisotopic (exact) mass is 280 g/mol. The lowest BCUT2D eigenvalue weighted by Crippen LogP contribution is -2.10. The Hall–Kier alpha value is -2.55. The second-order valence-corrected chi connectivity index (χ2v) is 5.23. The van der Waals surface area contributed by atoms with Crippen molar-refractivity contribution in [3.63, 3.8) is 0 Å². The average molecular weight is 280 g/mol. The molecule has 0 radical (unpaired) electrons. The fourth-order valence-corrected chi connectivity index (χ4v) is 2.33. The molecule has 3 rings (SSSR count). The molecule has 1 heterocycles. The second-order valence-electron chi connectivity index (χ2n) is 5.23. The molecule has 0 N–H and O–H groups in total. The van der Waals surface area contributed by atoms with Crippen LogP contribution in [0.4, 0.5) is 0 Å². The molecule has 3 aromatic rings. The molecule has 0 saturated heterocycles. The smallest absolute Gasteiger partial charge is 0.315 e. The van der Waals surface area contributed by atoms with Crippen molar-refractivity contribution in [3.8, 4) is 5.75 Å². The van der Waals surface area contributed by atoms with Crippen LogP contribution in [0.15, 0.2) is 53.1 Å². The third kappa shape index (κ3) is 2.97. The highest BCUT2D eigenvalue weighted by Gasteiger charge is 2.12. The molecule has 0 spiro atoms. The Balaban J connectivity index is 1.77. The highest BCUT2D eigenvalue weighted by molar-refractivity contribution is 5.86. The van der Waals surface area contributed by atoms with Gasteiger partial charge in [-0.25, -0.2) is 0 Å². The maximum absolute atomic E-state index is 12.0. The van der Waals surface area contributed by atoms with E-state index in [9.17, 15) is 4.79 Å². The van der Waals surface area contributed by atoms with E-state index in [1.807, 2.05) is 50.2 Å². The lowest BCUT2D eigenvalue weighted by atomic mass is 10.1. The van der Waals surface area contributed by atoms with E-state index >= 15 is 0 Å². The topological polar surface area (TPSA) is 39.4 Å². The molecule has 3 heteroatoms. The standard InChI is InChI=1S/C18H16O3/c1-12-4-3-5-15(8-12)21-18(19)10-14-11-20-17-9-13(2)6-7-16(14)17/h3-9,11H,10H2,1-2H3. The first-order valence-electron chi connectivity index (χ1n) is 6.86. The molecule has 0 aliphatic heterocycles. The molecule has 2 aromatic carbocycles. The largest absolute Gasteiger partial charge is 0.464 e. The number of benzene rings is 2. The van der Waals surface area contributed by atoms with Gasteiger partial charge >= 0.3 is 5.97 Å². The van der Waals surface area contributed by atoms with Gasteiger partial charge in [-0.3, -0.25) is 4.79 Å². The minimum atomic E-state index is -0.288. The van der Waals surface area contributed by atoms with Gasteiger partial charge in [0.05, 0.1) is 12.7 Å². The molecule has 0 atom stereocenters. The molecular formula is C18H16O3. The van der Waals surface area contributed by atoms with E-state index in [2.05, 4.69) is 0 Å². The average Bonchev–Trinajstić information content (AvgIpc) is 2.81. The van der Waals surface area contributed by atoms with E-state index in [0.717, 1.165) is 27.7 Å². The first kappa shape index (κ1) is 13.4. The summed E-state index contributed by atoms with van der Waals surface area (Å²) in [6.07, 6.45) is 1.83. The summed E-state index contributed by atoms with van der Waals surface area (Å²) in [5, 5.41) is 0.960. The highest BCUT2D eigenvalue weighted by atomic mass is 16.5. The Bertz CT molecular complexity index is 799. The van der Waals surface area contributed by atoms with Gasteiger partial charge in [0.1, 0.15) is 11.3 Å². The summed E-state index contributed by atoms with van der Waals surface area (Å²) in [5.41, 5.74) is 3.84. The van der Waals surface area contributed by atoms with Crippen LogP contribution in [0.3, 0.4) is 0 Å². The van der Waals surface area contributed by atoms with Gasteiger partial charge in [0, 0.05) is 10.9 Å². The van der Waals surface area contributed by atoms with Gasteiger partial charge in [-0.1, -0.05) is 24.3 Å². The summed E-state index contributed by atoms with van der Waals surface area (Å²) in [5.74, 6) is 0.285. The van der Waals surface area contributed by atoms with Gasteiger partial charge in [0.25, 0.3) is 0 Å². The van der Waals surface area contributed by atoms with Crippen LogP contribution in [0.2, 0.25) is 0 Å². The van der Waals surface area contributed by atoms with Gasteiger partial charge in [0.2, 0.25) is 0 Å². The normalized spacial score (nSPS) is 10.8. The molecule has 0 fully saturated rings. The molecule has 0 unspecified atom stereocenters. The van der Waals surface area contributed by atoms with Crippen molar-refractivity contribution in [2.24, 2.45) is 0 Å². The Labute approximate surface area is 123 Å². The van der Waals surface area contributed by atoms with Gasteiger partial charge in [-0.15, -0.1) is 0 Å². The van der Waals surface area contributed by atoms with Crippen molar-refractivity contribution in [1.82, 2.24) is 0 Å². The van der Waals surface area contributed by atoms with Crippen molar-refractivity contribution >= 4 is 16.9 Å². The molecule has 0 amide bonds. The molecule has 0 bridgehead atoms. The number of hydrogen-bond donors (Lipinski definition) is 0. The number of hydrogen-bond acceptors (Lipinski definition) is 3. The van der Waals surface area contributed by atoms with Crippen molar-refractivity contribution in [2.75, 3.05) is 0 Å². The summed E-state index contributed by atoms with van der Waals surface area (Å²) in [4.78, 5) is 12.0. The Morgan fingerprint density at radius 3 is 2.71 bits per heavy atom. The van der Waals surface area contributed by atoms with E-state index in [1.54, 1.807) is 12.3 Å². The van der Waals surface area contributed by atoms with E-state index in [4.69, 9.17) is 9.15 Å². The first-order valence-corrected chi connectivity index (χ1v) is 6.86. The third-order valence-electron chi connectivity index (χ3n) is 3.37. The fraction of sp³-hybridized carbons (Fsp3) is 0.167. The second kappa shape index (κ2) is 5.44. The molecule has 106 valence electrons. The predicted octanol–water partition coefficient (Wildman–Crippen LogP) is 4.20. The van der Waals surface area contributed by atoms with Crippen LogP contribution in [0.1, 0.15) is 16.7 Å². The van der Waals surface area contributed by atoms with Crippen molar-refractivity contribution in [2.45, 2.75) is 20.3 Å².